The van der Waals surface area contributed by atoms with E-state index in [9.17, 15) is 4.79 Å². The summed E-state index contributed by atoms with van der Waals surface area (Å²) in [6.45, 7) is 8.81. The number of aliphatic hydroxyl groups is 1. The van der Waals surface area contributed by atoms with E-state index < -0.39 is 5.60 Å². The van der Waals surface area contributed by atoms with Crippen molar-refractivity contribution < 1.29 is 14.6 Å². The van der Waals surface area contributed by atoms with Crippen LogP contribution < -0.4 is 5.32 Å². The lowest BCUT2D eigenvalue weighted by Crippen LogP contribution is -2.48. The van der Waals surface area contributed by atoms with E-state index >= 15 is 0 Å². The van der Waals surface area contributed by atoms with Crippen molar-refractivity contribution in [2.24, 2.45) is 11.8 Å². The van der Waals surface area contributed by atoms with Gasteiger partial charge in [0.2, 0.25) is 0 Å². The largest absolute Gasteiger partial charge is 0.460 e. The van der Waals surface area contributed by atoms with E-state index in [0.29, 0.717) is 12.3 Å². The third-order valence-electron chi connectivity index (χ3n) is 3.49. The third kappa shape index (κ3) is 4.58. The molecule has 1 aliphatic rings. The van der Waals surface area contributed by atoms with Crippen LogP contribution in [0.2, 0.25) is 0 Å². The van der Waals surface area contributed by atoms with Gasteiger partial charge >= 0.3 is 5.97 Å². The van der Waals surface area contributed by atoms with Crippen LogP contribution in [0.3, 0.4) is 0 Å². The number of esters is 1. The zero-order valence-electron chi connectivity index (χ0n) is 12.0. The Morgan fingerprint density at radius 3 is 2.61 bits per heavy atom. The Morgan fingerprint density at radius 1 is 1.44 bits per heavy atom. The molecule has 0 aliphatic carbocycles. The number of ether oxygens (including phenoxy) is 1. The molecular weight excluding hydrogens is 230 g/mol. The predicted octanol–water partition coefficient (Wildman–Crippen LogP) is 1.71. The normalized spacial score (nSPS) is 29.1. The highest BCUT2D eigenvalue weighted by Crippen LogP contribution is 2.28. The van der Waals surface area contributed by atoms with Gasteiger partial charge in [0.1, 0.15) is 5.60 Å². The predicted molar refractivity (Wildman–Crippen MR) is 71.2 cm³/mol. The molecule has 4 heteroatoms. The standard InChI is InChI=1S/C14H27NO3/c1-5-10-9-15-11(6-7-16)8-12(10)13(17)18-14(2,3)4/h10-12,15-16H,5-9H2,1-4H3/t10-,11+,12-/m1/s1. The van der Waals surface area contributed by atoms with E-state index in [1.54, 1.807) is 0 Å². The fourth-order valence-electron chi connectivity index (χ4n) is 2.51. The Bertz CT molecular complexity index is 273. The van der Waals surface area contributed by atoms with E-state index in [-0.39, 0.29) is 24.5 Å². The molecule has 0 bridgehead atoms. The summed E-state index contributed by atoms with van der Waals surface area (Å²) >= 11 is 0. The van der Waals surface area contributed by atoms with Gasteiger partial charge in [-0.1, -0.05) is 13.3 Å². The van der Waals surface area contributed by atoms with Crippen LogP contribution in [-0.4, -0.2) is 35.9 Å². The first-order chi connectivity index (χ1) is 8.37. The minimum Gasteiger partial charge on any atom is -0.460 e. The summed E-state index contributed by atoms with van der Waals surface area (Å²) in [4.78, 5) is 12.2. The smallest absolute Gasteiger partial charge is 0.309 e. The molecule has 0 aromatic heterocycles. The zero-order valence-corrected chi connectivity index (χ0v) is 12.0. The van der Waals surface area contributed by atoms with E-state index in [2.05, 4.69) is 12.2 Å². The number of carbonyl (C=O) groups excluding carboxylic acids is 1. The summed E-state index contributed by atoms with van der Waals surface area (Å²) in [5.74, 6) is 0.223. The van der Waals surface area contributed by atoms with Crippen molar-refractivity contribution in [3.8, 4) is 0 Å². The minimum atomic E-state index is -0.424. The van der Waals surface area contributed by atoms with Gasteiger partial charge in [-0.3, -0.25) is 4.79 Å². The first kappa shape index (κ1) is 15.4. The molecule has 0 aromatic rings. The highest BCUT2D eigenvalue weighted by atomic mass is 16.6. The molecule has 1 aliphatic heterocycles. The Kier molecular flexibility index (Phi) is 5.60. The van der Waals surface area contributed by atoms with Crippen LogP contribution in [-0.2, 0) is 9.53 Å². The van der Waals surface area contributed by atoms with Gasteiger partial charge in [0.05, 0.1) is 5.92 Å². The van der Waals surface area contributed by atoms with Gasteiger partial charge in [0.15, 0.2) is 0 Å². The summed E-state index contributed by atoms with van der Waals surface area (Å²) in [5.41, 5.74) is -0.424. The summed E-state index contributed by atoms with van der Waals surface area (Å²) in [5, 5.41) is 12.4. The molecule has 1 rings (SSSR count). The molecule has 1 heterocycles. The van der Waals surface area contributed by atoms with Crippen molar-refractivity contribution in [1.29, 1.82) is 0 Å². The second-order valence-corrected chi connectivity index (χ2v) is 6.16. The van der Waals surface area contributed by atoms with Crippen molar-refractivity contribution in [2.75, 3.05) is 13.2 Å². The lowest BCUT2D eigenvalue weighted by Gasteiger charge is -2.36. The molecule has 0 saturated carbocycles. The highest BCUT2D eigenvalue weighted by Gasteiger charge is 2.36. The van der Waals surface area contributed by atoms with Crippen molar-refractivity contribution in [1.82, 2.24) is 5.32 Å². The third-order valence-corrected chi connectivity index (χ3v) is 3.49. The quantitative estimate of drug-likeness (QED) is 0.753. The maximum Gasteiger partial charge on any atom is 0.309 e. The van der Waals surface area contributed by atoms with Crippen LogP contribution in [0.5, 0.6) is 0 Å². The minimum absolute atomic E-state index is 0.0352. The first-order valence-corrected chi connectivity index (χ1v) is 6.94. The maximum atomic E-state index is 12.2. The van der Waals surface area contributed by atoms with E-state index in [0.717, 1.165) is 19.4 Å². The molecule has 0 radical (unpaired) electrons. The molecule has 2 N–H and O–H groups in total. The first-order valence-electron chi connectivity index (χ1n) is 6.94. The van der Waals surface area contributed by atoms with E-state index in [1.165, 1.54) is 0 Å². The van der Waals surface area contributed by atoms with E-state index in [1.807, 2.05) is 20.8 Å². The van der Waals surface area contributed by atoms with Crippen LogP contribution >= 0.6 is 0 Å². The second-order valence-electron chi connectivity index (χ2n) is 6.16. The molecule has 1 saturated heterocycles. The Labute approximate surface area is 110 Å². The number of rotatable bonds is 4. The maximum absolute atomic E-state index is 12.2. The highest BCUT2D eigenvalue weighted by molar-refractivity contribution is 5.73. The lowest BCUT2D eigenvalue weighted by molar-refractivity contribution is -0.163. The van der Waals surface area contributed by atoms with Gasteiger partial charge in [0, 0.05) is 12.6 Å². The number of hydrogen-bond acceptors (Lipinski definition) is 4. The van der Waals surface area contributed by atoms with Gasteiger partial charge in [-0.05, 0) is 46.1 Å². The molecule has 0 amide bonds. The molecule has 0 spiro atoms. The van der Waals surface area contributed by atoms with Gasteiger partial charge in [-0.2, -0.15) is 0 Å². The van der Waals surface area contributed by atoms with Gasteiger partial charge < -0.3 is 15.2 Å². The van der Waals surface area contributed by atoms with Crippen LogP contribution in [0.4, 0.5) is 0 Å². The number of aliphatic hydroxyl groups excluding tert-OH is 1. The number of piperidine rings is 1. The lowest BCUT2D eigenvalue weighted by atomic mass is 9.80. The van der Waals surface area contributed by atoms with Gasteiger partial charge in [0.25, 0.3) is 0 Å². The fourth-order valence-corrected chi connectivity index (χ4v) is 2.51. The van der Waals surface area contributed by atoms with Crippen LogP contribution in [0.25, 0.3) is 0 Å². The SMILES string of the molecule is CC[C@@H]1CN[C@@H](CCO)C[C@H]1C(=O)OC(C)(C)C. The summed E-state index contributed by atoms with van der Waals surface area (Å²) in [6, 6.07) is 0.232. The Hall–Kier alpha value is -0.610. The van der Waals surface area contributed by atoms with Crippen molar-refractivity contribution >= 4 is 5.97 Å². The summed E-state index contributed by atoms with van der Waals surface area (Å²) in [7, 11) is 0. The molecule has 4 nitrogen and oxygen atoms in total. The topological polar surface area (TPSA) is 58.6 Å². The van der Waals surface area contributed by atoms with Gasteiger partial charge in [-0.25, -0.2) is 0 Å². The van der Waals surface area contributed by atoms with Crippen LogP contribution in [0.15, 0.2) is 0 Å². The zero-order chi connectivity index (χ0) is 13.8. The molecule has 1 fully saturated rings. The number of nitrogens with one attached hydrogen (secondary N) is 1. The summed E-state index contributed by atoms with van der Waals surface area (Å²) < 4.78 is 5.51. The van der Waals surface area contributed by atoms with Crippen LogP contribution in [0.1, 0.15) is 47.0 Å². The molecule has 0 aromatic carbocycles. The molecule has 18 heavy (non-hydrogen) atoms. The van der Waals surface area contributed by atoms with E-state index in [4.69, 9.17) is 9.84 Å². The molecule has 3 atom stereocenters. The number of hydrogen-bond donors (Lipinski definition) is 2. The number of carbonyl (C=O) groups is 1. The van der Waals surface area contributed by atoms with Crippen molar-refractivity contribution in [3.63, 3.8) is 0 Å². The second kappa shape index (κ2) is 6.53. The summed E-state index contributed by atoms with van der Waals surface area (Å²) in [6.07, 6.45) is 2.45. The molecular formula is C14H27NO3. The van der Waals surface area contributed by atoms with Crippen LogP contribution in [0, 0.1) is 11.8 Å². The average molecular weight is 257 g/mol. The Morgan fingerprint density at radius 2 is 2.11 bits per heavy atom. The Balaban J connectivity index is 2.64. The van der Waals surface area contributed by atoms with Crippen molar-refractivity contribution in [3.05, 3.63) is 0 Å². The monoisotopic (exact) mass is 257 g/mol. The average Bonchev–Trinajstić information content (AvgIpc) is 2.27. The van der Waals surface area contributed by atoms with Gasteiger partial charge in [-0.15, -0.1) is 0 Å². The fraction of sp³-hybridized carbons (Fsp3) is 0.929. The molecule has 106 valence electrons. The van der Waals surface area contributed by atoms with Crippen molar-refractivity contribution in [2.45, 2.75) is 58.6 Å². The molecule has 0 unspecified atom stereocenters.